The maximum Gasteiger partial charge on any atom is 0.278 e. The first-order chi connectivity index (χ1) is 11.9. The maximum absolute atomic E-state index is 11.8. The van der Waals surface area contributed by atoms with E-state index >= 15 is 0 Å². The van der Waals surface area contributed by atoms with Gasteiger partial charge in [-0.25, -0.2) is 9.97 Å². The standard InChI is InChI=1S/C14H17N7O4/c1-7(2)3-4-14(19-20-15)10(23)9(22)13(25-14)21-6-18-8-11(21)16-5-17-12(8)24/h3-7,9-10,13,22-23H,1-2H3,(H,16,17,24)/b4-3+/t9-,10+,13-,14-/m1/s1. The summed E-state index contributed by atoms with van der Waals surface area (Å²) in [6, 6.07) is 0. The third-order valence-electron chi connectivity index (χ3n) is 3.91. The number of nitrogens with one attached hydrogen (secondary N) is 1. The summed E-state index contributed by atoms with van der Waals surface area (Å²) in [7, 11) is 0. The Kier molecular flexibility index (Phi) is 4.31. The number of ether oxygens (including phenoxy) is 1. The lowest BCUT2D eigenvalue weighted by Crippen LogP contribution is -2.39. The Balaban J connectivity index is 2.08. The molecule has 1 fully saturated rings. The molecule has 0 unspecified atom stereocenters. The molecule has 4 atom stereocenters. The molecule has 132 valence electrons. The van der Waals surface area contributed by atoms with Crippen molar-refractivity contribution < 1.29 is 14.9 Å². The molecule has 0 amide bonds. The minimum Gasteiger partial charge on any atom is -0.387 e. The van der Waals surface area contributed by atoms with Crippen LogP contribution in [0.3, 0.4) is 0 Å². The molecule has 0 bridgehead atoms. The Morgan fingerprint density at radius 2 is 2.28 bits per heavy atom. The predicted molar refractivity (Wildman–Crippen MR) is 86.1 cm³/mol. The first kappa shape index (κ1) is 17.1. The minimum atomic E-state index is -1.78. The van der Waals surface area contributed by atoms with Crippen LogP contribution in [0.5, 0.6) is 0 Å². The zero-order valence-corrected chi connectivity index (χ0v) is 13.5. The van der Waals surface area contributed by atoms with Crippen LogP contribution in [0.25, 0.3) is 21.6 Å². The van der Waals surface area contributed by atoms with E-state index in [2.05, 4.69) is 25.0 Å². The lowest BCUT2D eigenvalue weighted by atomic mass is 10.0. The van der Waals surface area contributed by atoms with Crippen molar-refractivity contribution in [3.05, 3.63) is 45.6 Å². The highest BCUT2D eigenvalue weighted by molar-refractivity contribution is 5.68. The molecule has 11 nitrogen and oxygen atoms in total. The number of azide groups is 1. The summed E-state index contributed by atoms with van der Waals surface area (Å²) in [6.45, 7) is 3.80. The normalized spacial score (nSPS) is 29.6. The molecule has 2 aromatic rings. The number of imidazole rings is 1. The van der Waals surface area contributed by atoms with Gasteiger partial charge in [0.25, 0.3) is 5.56 Å². The van der Waals surface area contributed by atoms with Gasteiger partial charge in [0.1, 0.15) is 12.2 Å². The van der Waals surface area contributed by atoms with Crippen molar-refractivity contribution in [2.24, 2.45) is 11.0 Å². The molecule has 3 N–H and O–H groups in total. The number of hydrogen-bond donors (Lipinski definition) is 3. The van der Waals surface area contributed by atoms with Crippen molar-refractivity contribution >= 4 is 11.2 Å². The fourth-order valence-corrected chi connectivity index (χ4v) is 2.66. The number of aliphatic hydroxyl groups is 2. The van der Waals surface area contributed by atoms with E-state index in [1.165, 1.54) is 23.3 Å². The highest BCUT2D eigenvalue weighted by Gasteiger charge is 2.53. The Bertz CT molecular complexity index is 913. The molecular weight excluding hydrogens is 330 g/mol. The van der Waals surface area contributed by atoms with E-state index in [9.17, 15) is 15.0 Å². The topological polar surface area (TPSA) is 162 Å². The number of H-pyrrole nitrogens is 1. The third kappa shape index (κ3) is 2.79. The Morgan fingerprint density at radius 1 is 1.52 bits per heavy atom. The van der Waals surface area contributed by atoms with Gasteiger partial charge in [0.15, 0.2) is 23.1 Å². The molecule has 0 aromatic carbocycles. The van der Waals surface area contributed by atoms with Crippen molar-refractivity contribution in [1.29, 1.82) is 0 Å². The number of aromatic amines is 1. The first-order valence-corrected chi connectivity index (χ1v) is 7.59. The van der Waals surface area contributed by atoms with Crippen LogP contribution in [0.4, 0.5) is 0 Å². The number of hydrogen-bond acceptors (Lipinski definition) is 7. The van der Waals surface area contributed by atoms with Crippen LogP contribution in [-0.4, -0.2) is 47.7 Å². The maximum atomic E-state index is 11.8. The molecular formula is C14H17N7O4. The molecule has 1 aliphatic rings. The van der Waals surface area contributed by atoms with E-state index < -0.39 is 29.7 Å². The molecule has 0 saturated carbocycles. The van der Waals surface area contributed by atoms with E-state index in [0.717, 1.165) is 0 Å². The third-order valence-corrected chi connectivity index (χ3v) is 3.91. The largest absolute Gasteiger partial charge is 0.387 e. The van der Waals surface area contributed by atoms with Gasteiger partial charge in [0.05, 0.1) is 12.7 Å². The first-order valence-electron chi connectivity index (χ1n) is 7.59. The Labute approximate surface area is 141 Å². The second kappa shape index (κ2) is 6.30. The number of aliphatic hydroxyl groups excluding tert-OH is 2. The van der Waals surface area contributed by atoms with Crippen LogP contribution in [0.1, 0.15) is 20.1 Å². The Morgan fingerprint density at radius 3 is 2.96 bits per heavy atom. The average Bonchev–Trinajstić information content (AvgIpc) is 3.10. The van der Waals surface area contributed by atoms with Gasteiger partial charge in [-0.3, -0.25) is 9.36 Å². The second-order valence-electron chi connectivity index (χ2n) is 6.04. The molecule has 2 aromatic heterocycles. The minimum absolute atomic E-state index is 0.0618. The van der Waals surface area contributed by atoms with Gasteiger partial charge in [-0.2, -0.15) is 0 Å². The highest BCUT2D eigenvalue weighted by atomic mass is 16.6. The van der Waals surface area contributed by atoms with Crippen molar-refractivity contribution in [3.8, 4) is 0 Å². The summed E-state index contributed by atoms with van der Waals surface area (Å²) in [6.07, 6.45) is 1.50. The summed E-state index contributed by atoms with van der Waals surface area (Å²) in [5.74, 6) is 0.104. The molecule has 25 heavy (non-hydrogen) atoms. The van der Waals surface area contributed by atoms with Crippen LogP contribution < -0.4 is 5.56 Å². The van der Waals surface area contributed by atoms with E-state index in [0.29, 0.717) is 0 Å². The number of allylic oxidation sites excluding steroid dienone is 1. The molecule has 3 heterocycles. The van der Waals surface area contributed by atoms with Crippen molar-refractivity contribution in [2.75, 3.05) is 0 Å². The smallest absolute Gasteiger partial charge is 0.278 e. The van der Waals surface area contributed by atoms with E-state index in [1.807, 2.05) is 13.8 Å². The number of rotatable bonds is 4. The van der Waals surface area contributed by atoms with E-state index in [-0.39, 0.29) is 17.1 Å². The fraction of sp³-hybridized carbons (Fsp3) is 0.500. The zero-order valence-electron chi connectivity index (χ0n) is 13.5. The van der Waals surface area contributed by atoms with E-state index in [1.54, 1.807) is 6.08 Å². The molecule has 1 saturated heterocycles. The molecule has 0 radical (unpaired) electrons. The zero-order chi connectivity index (χ0) is 18.2. The number of fused-ring (bicyclic) bond motifs is 1. The average molecular weight is 347 g/mol. The predicted octanol–water partition coefficient (Wildman–Crippen LogP) is 0.589. The Hall–Kier alpha value is -2.72. The van der Waals surface area contributed by atoms with Gasteiger partial charge in [-0.05, 0) is 17.5 Å². The monoisotopic (exact) mass is 347 g/mol. The van der Waals surface area contributed by atoms with Crippen LogP contribution in [0.15, 0.2) is 34.7 Å². The van der Waals surface area contributed by atoms with Crippen LogP contribution in [0, 0.1) is 5.92 Å². The van der Waals surface area contributed by atoms with Gasteiger partial charge in [-0.1, -0.05) is 25.0 Å². The van der Waals surface area contributed by atoms with Crippen LogP contribution >= 0.6 is 0 Å². The molecule has 0 aliphatic carbocycles. The van der Waals surface area contributed by atoms with Crippen molar-refractivity contribution in [1.82, 2.24) is 19.5 Å². The number of nitrogens with zero attached hydrogens (tertiary/aromatic N) is 6. The summed E-state index contributed by atoms with van der Waals surface area (Å²) >= 11 is 0. The summed E-state index contributed by atoms with van der Waals surface area (Å²) in [5.41, 5.74) is 6.87. The molecule has 11 heteroatoms. The summed E-state index contributed by atoms with van der Waals surface area (Å²) in [4.78, 5) is 24.9. The second-order valence-corrected chi connectivity index (χ2v) is 6.04. The SMILES string of the molecule is CC(C)/C=C/[C@@]1(N=[N+]=[N-])O[C@@H](n2cnc3c(=O)[nH]cnc32)[C@H](O)[C@@H]1O. The lowest BCUT2D eigenvalue weighted by molar-refractivity contribution is -0.0698. The van der Waals surface area contributed by atoms with Crippen LogP contribution in [0.2, 0.25) is 0 Å². The van der Waals surface area contributed by atoms with Gasteiger partial charge in [-0.15, -0.1) is 0 Å². The summed E-state index contributed by atoms with van der Waals surface area (Å²) < 4.78 is 7.04. The van der Waals surface area contributed by atoms with Gasteiger partial charge in [0, 0.05) is 4.91 Å². The van der Waals surface area contributed by atoms with E-state index in [4.69, 9.17) is 10.3 Å². The molecule has 1 aliphatic heterocycles. The summed E-state index contributed by atoms with van der Waals surface area (Å²) in [5, 5.41) is 24.4. The fourth-order valence-electron chi connectivity index (χ4n) is 2.66. The van der Waals surface area contributed by atoms with Crippen LogP contribution in [-0.2, 0) is 4.74 Å². The van der Waals surface area contributed by atoms with Crippen molar-refractivity contribution in [3.63, 3.8) is 0 Å². The quantitative estimate of drug-likeness (QED) is 0.317. The van der Waals surface area contributed by atoms with Crippen molar-refractivity contribution in [2.45, 2.75) is 38.0 Å². The lowest BCUT2D eigenvalue weighted by Gasteiger charge is -2.23. The van der Waals surface area contributed by atoms with Gasteiger partial charge in [0.2, 0.25) is 0 Å². The molecule has 0 spiro atoms. The number of aromatic nitrogens is 4. The van der Waals surface area contributed by atoms with Gasteiger partial charge >= 0.3 is 0 Å². The molecule has 3 rings (SSSR count). The highest BCUT2D eigenvalue weighted by Crippen LogP contribution is 2.40. The van der Waals surface area contributed by atoms with Gasteiger partial charge < -0.3 is 19.9 Å².